The van der Waals surface area contributed by atoms with Crippen molar-refractivity contribution in [2.24, 2.45) is 5.92 Å². The van der Waals surface area contributed by atoms with Crippen molar-refractivity contribution >= 4 is 31.3 Å². The fraction of sp³-hybridized carbons (Fsp3) is 0.769. The lowest BCUT2D eigenvalue weighted by Crippen LogP contribution is -2.14. The van der Waals surface area contributed by atoms with Crippen LogP contribution in [0.2, 0.25) is 5.15 Å². The lowest BCUT2D eigenvalue weighted by Gasteiger charge is -2.22. The Kier molecular flexibility index (Phi) is 5.03. The summed E-state index contributed by atoms with van der Waals surface area (Å²) in [7, 11) is 1.67. The maximum atomic E-state index is 11.8. The Morgan fingerprint density at radius 3 is 2.40 bits per heavy atom. The van der Waals surface area contributed by atoms with Crippen LogP contribution in [0, 0.1) is 5.92 Å². The van der Waals surface area contributed by atoms with Gasteiger partial charge in [-0.2, -0.15) is 5.10 Å². The summed E-state index contributed by atoms with van der Waals surface area (Å²) >= 11 is 6.27. The van der Waals surface area contributed by atoms with Crippen LogP contribution in [0.1, 0.15) is 57.7 Å². The molecule has 0 unspecified atom stereocenters. The van der Waals surface area contributed by atoms with E-state index in [9.17, 15) is 8.42 Å². The Morgan fingerprint density at radius 2 is 1.90 bits per heavy atom. The predicted octanol–water partition coefficient (Wildman–Crippen LogP) is 4.17. The van der Waals surface area contributed by atoms with Crippen LogP contribution in [-0.4, -0.2) is 18.2 Å². The SMILES string of the molecule is CC(C)Cc1nn(C2CCCCC2)c(Cl)c1S(=O)(=O)Cl. The predicted molar refractivity (Wildman–Crippen MR) is 80.9 cm³/mol. The third-order valence-electron chi connectivity index (χ3n) is 3.65. The third kappa shape index (κ3) is 3.49. The Morgan fingerprint density at radius 1 is 1.30 bits per heavy atom. The van der Waals surface area contributed by atoms with Crippen LogP contribution in [-0.2, 0) is 15.5 Å². The molecule has 1 heterocycles. The number of hydrogen-bond donors (Lipinski definition) is 0. The summed E-state index contributed by atoms with van der Waals surface area (Å²) < 4.78 is 25.2. The fourth-order valence-corrected chi connectivity index (χ4v) is 4.67. The van der Waals surface area contributed by atoms with E-state index in [0.717, 1.165) is 25.7 Å². The van der Waals surface area contributed by atoms with E-state index in [1.807, 2.05) is 13.8 Å². The molecule has 1 saturated carbocycles. The first-order valence-electron chi connectivity index (χ1n) is 7.02. The van der Waals surface area contributed by atoms with E-state index in [1.165, 1.54) is 6.42 Å². The number of halogens is 2. The molecule has 0 radical (unpaired) electrons. The molecule has 20 heavy (non-hydrogen) atoms. The van der Waals surface area contributed by atoms with Gasteiger partial charge in [-0.25, -0.2) is 13.1 Å². The average molecular weight is 339 g/mol. The Labute approximate surface area is 129 Å². The average Bonchev–Trinajstić information content (AvgIpc) is 2.66. The van der Waals surface area contributed by atoms with Crippen molar-refractivity contribution in [3.05, 3.63) is 10.8 Å². The Balaban J connectivity index is 2.46. The Hall–Kier alpha value is -0.260. The van der Waals surface area contributed by atoms with Crippen molar-refractivity contribution in [1.29, 1.82) is 0 Å². The normalized spacial score (nSPS) is 17.9. The zero-order valence-electron chi connectivity index (χ0n) is 11.8. The van der Waals surface area contributed by atoms with E-state index in [1.54, 1.807) is 4.68 Å². The van der Waals surface area contributed by atoms with Crippen molar-refractivity contribution in [1.82, 2.24) is 9.78 Å². The van der Waals surface area contributed by atoms with Crippen LogP contribution < -0.4 is 0 Å². The third-order valence-corrected chi connectivity index (χ3v) is 5.50. The first-order chi connectivity index (χ1) is 9.30. The molecule has 114 valence electrons. The van der Waals surface area contributed by atoms with Gasteiger partial charge in [0.15, 0.2) is 0 Å². The minimum absolute atomic E-state index is 0.0000989. The van der Waals surface area contributed by atoms with Crippen molar-refractivity contribution in [2.75, 3.05) is 0 Å². The summed E-state index contributed by atoms with van der Waals surface area (Å²) in [4.78, 5) is 0.0000989. The highest BCUT2D eigenvalue weighted by molar-refractivity contribution is 8.13. The summed E-state index contributed by atoms with van der Waals surface area (Å²) in [5.74, 6) is 0.290. The number of nitrogens with zero attached hydrogens (tertiary/aromatic N) is 2. The second-order valence-electron chi connectivity index (χ2n) is 5.84. The Bertz CT molecular complexity index is 575. The molecule has 0 bridgehead atoms. The second kappa shape index (κ2) is 6.24. The van der Waals surface area contributed by atoms with Crippen molar-refractivity contribution in [3.8, 4) is 0 Å². The molecule has 1 aliphatic carbocycles. The molecular weight excluding hydrogens is 319 g/mol. The van der Waals surface area contributed by atoms with Crippen LogP contribution in [0.3, 0.4) is 0 Å². The molecule has 0 saturated heterocycles. The molecule has 0 amide bonds. The van der Waals surface area contributed by atoms with Crippen LogP contribution in [0.15, 0.2) is 4.90 Å². The summed E-state index contributed by atoms with van der Waals surface area (Å²) in [5.41, 5.74) is 0.491. The quantitative estimate of drug-likeness (QED) is 0.774. The molecule has 1 aliphatic rings. The fourth-order valence-electron chi connectivity index (χ4n) is 2.77. The first kappa shape index (κ1) is 16.1. The molecule has 0 spiro atoms. The monoisotopic (exact) mass is 338 g/mol. The summed E-state index contributed by atoms with van der Waals surface area (Å²) in [6, 6.07) is 0.189. The van der Waals surface area contributed by atoms with Crippen LogP contribution in [0.5, 0.6) is 0 Å². The lowest BCUT2D eigenvalue weighted by atomic mass is 9.96. The van der Waals surface area contributed by atoms with Crippen LogP contribution in [0.4, 0.5) is 0 Å². The molecule has 0 atom stereocenters. The van der Waals surface area contributed by atoms with Gasteiger partial charge in [-0.3, -0.25) is 0 Å². The smallest absolute Gasteiger partial charge is 0.249 e. The molecule has 0 N–H and O–H groups in total. The zero-order valence-corrected chi connectivity index (χ0v) is 14.1. The summed E-state index contributed by atoms with van der Waals surface area (Å²) in [5, 5.41) is 4.63. The van der Waals surface area contributed by atoms with E-state index in [4.69, 9.17) is 22.3 Å². The highest BCUT2D eigenvalue weighted by atomic mass is 35.7. The highest BCUT2D eigenvalue weighted by Gasteiger charge is 2.29. The van der Waals surface area contributed by atoms with E-state index in [0.29, 0.717) is 12.1 Å². The number of aromatic nitrogens is 2. The van der Waals surface area contributed by atoms with Gasteiger partial charge in [-0.1, -0.05) is 44.7 Å². The molecule has 4 nitrogen and oxygen atoms in total. The van der Waals surface area contributed by atoms with Gasteiger partial charge in [0.2, 0.25) is 0 Å². The van der Waals surface area contributed by atoms with Gasteiger partial charge in [-0.05, 0) is 25.2 Å². The van der Waals surface area contributed by atoms with Gasteiger partial charge in [0.25, 0.3) is 9.05 Å². The second-order valence-corrected chi connectivity index (χ2v) is 8.70. The molecule has 1 fully saturated rings. The van der Waals surface area contributed by atoms with Crippen LogP contribution >= 0.6 is 22.3 Å². The van der Waals surface area contributed by atoms with Crippen molar-refractivity contribution in [2.45, 2.75) is 63.3 Å². The zero-order chi connectivity index (χ0) is 14.9. The van der Waals surface area contributed by atoms with Crippen molar-refractivity contribution < 1.29 is 8.42 Å². The minimum atomic E-state index is -3.87. The molecule has 7 heteroatoms. The molecule has 1 aromatic heterocycles. The largest absolute Gasteiger partial charge is 0.266 e. The summed E-state index contributed by atoms with van der Waals surface area (Å²) in [6.07, 6.45) is 6.01. The molecule has 2 rings (SSSR count). The lowest BCUT2D eigenvalue weighted by molar-refractivity contribution is 0.328. The maximum absolute atomic E-state index is 11.8. The molecule has 1 aromatic rings. The minimum Gasteiger partial charge on any atom is -0.249 e. The van der Waals surface area contributed by atoms with Gasteiger partial charge >= 0.3 is 0 Å². The molecular formula is C13H20Cl2N2O2S. The maximum Gasteiger partial charge on any atom is 0.266 e. The highest BCUT2D eigenvalue weighted by Crippen LogP contribution is 2.36. The molecule has 0 aromatic carbocycles. The summed E-state index contributed by atoms with van der Waals surface area (Å²) in [6.45, 7) is 4.02. The molecule has 0 aliphatic heterocycles. The number of hydrogen-bond acceptors (Lipinski definition) is 3. The van der Waals surface area contributed by atoms with Crippen LogP contribution in [0.25, 0.3) is 0 Å². The topological polar surface area (TPSA) is 52.0 Å². The van der Waals surface area contributed by atoms with Gasteiger partial charge in [-0.15, -0.1) is 0 Å². The van der Waals surface area contributed by atoms with Gasteiger partial charge in [0, 0.05) is 10.7 Å². The van der Waals surface area contributed by atoms with E-state index < -0.39 is 9.05 Å². The van der Waals surface area contributed by atoms with Gasteiger partial charge < -0.3 is 0 Å². The van der Waals surface area contributed by atoms with Gasteiger partial charge in [0.1, 0.15) is 10.0 Å². The van der Waals surface area contributed by atoms with Crippen molar-refractivity contribution in [3.63, 3.8) is 0 Å². The standard InChI is InChI=1S/C13H20Cl2N2O2S/c1-9(2)8-11-12(20(15,18)19)13(14)17(16-11)10-6-4-3-5-7-10/h9-10H,3-8H2,1-2H3. The van der Waals surface area contributed by atoms with E-state index >= 15 is 0 Å². The number of rotatable bonds is 4. The van der Waals surface area contributed by atoms with Gasteiger partial charge in [0.05, 0.1) is 11.7 Å². The van der Waals surface area contributed by atoms with E-state index in [-0.39, 0.29) is 22.0 Å². The van der Waals surface area contributed by atoms with E-state index in [2.05, 4.69) is 5.10 Å². The first-order valence-corrected chi connectivity index (χ1v) is 9.71.